The molecule has 0 saturated carbocycles. The molecule has 0 bridgehead atoms. The van der Waals surface area contributed by atoms with Gasteiger partial charge in [0.25, 0.3) is 0 Å². The molecule has 0 aliphatic heterocycles. The summed E-state index contributed by atoms with van der Waals surface area (Å²) in [6, 6.07) is 8.63. The number of benzene rings is 1. The van der Waals surface area contributed by atoms with Gasteiger partial charge in [-0.15, -0.1) is 0 Å². The Morgan fingerprint density at radius 1 is 1.14 bits per heavy atom. The maximum Gasteiger partial charge on any atom is 0.165 e. The van der Waals surface area contributed by atoms with Crippen molar-refractivity contribution in [3.63, 3.8) is 0 Å². The molecule has 0 atom stereocenters. The third-order valence-electron chi connectivity index (χ3n) is 1.63. The third-order valence-corrected chi connectivity index (χ3v) is 3.21. The van der Waals surface area contributed by atoms with Gasteiger partial charge < -0.3 is 10.2 Å². The summed E-state index contributed by atoms with van der Waals surface area (Å²) in [4.78, 5) is 0. The summed E-state index contributed by atoms with van der Waals surface area (Å²) in [5.74, 6) is -0.784. The largest absolute Gasteiger partial charge is 0.367 e. The van der Waals surface area contributed by atoms with Gasteiger partial charge in [-0.2, -0.15) is 0 Å². The molecule has 5 heteroatoms. The van der Waals surface area contributed by atoms with Crippen LogP contribution in [0, 0.1) is 0 Å². The number of aliphatic hydroxyl groups excluding tert-OH is 1. The second kappa shape index (κ2) is 4.54. The average molecular weight is 216 g/mol. The van der Waals surface area contributed by atoms with Gasteiger partial charge in [0.05, 0.1) is 5.75 Å². The summed E-state index contributed by atoms with van der Waals surface area (Å²) in [7, 11) is -3.43. The number of hydrogen-bond acceptors (Lipinski definition) is 4. The molecular weight excluding hydrogens is 204 g/mol. The van der Waals surface area contributed by atoms with Gasteiger partial charge in [0, 0.05) is 0 Å². The Morgan fingerprint density at radius 3 is 2.21 bits per heavy atom. The highest BCUT2D eigenvalue weighted by Crippen LogP contribution is 2.06. The predicted octanol–water partition coefficient (Wildman–Crippen LogP) is -0.0879. The van der Waals surface area contributed by atoms with Gasteiger partial charge in [0.2, 0.25) is 0 Å². The molecule has 0 radical (unpaired) electrons. The lowest BCUT2D eigenvalue weighted by atomic mass is 10.2. The van der Waals surface area contributed by atoms with Crippen molar-refractivity contribution in [3.8, 4) is 0 Å². The van der Waals surface area contributed by atoms with Crippen molar-refractivity contribution in [1.82, 2.24) is 0 Å². The first kappa shape index (κ1) is 11.2. The van der Waals surface area contributed by atoms with Crippen LogP contribution in [0.1, 0.15) is 5.56 Å². The molecule has 1 rings (SSSR count). The van der Waals surface area contributed by atoms with Gasteiger partial charge in [0.15, 0.2) is 16.1 Å². The molecule has 0 aromatic heterocycles. The van der Waals surface area contributed by atoms with E-state index in [1.54, 1.807) is 30.3 Å². The van der Waals surface area contributed by atoms with Crippen molar-refractivity contribution in [2.24, 2.45) is 0 Å². The van der Waals surface area contributed by atoms with Crippen LogP contribution < -0.4 is 0 Å². The second-order valence-corrected chi connectivity index (χ2v) is 5.13. The first-order valence-corrected chi connectivity index (χ1v) is 5.92. The van der Waals surface area contributed by atoms with Gasteiger partial charge in [-0.05, 0) is 5.56 Å². The summed E-state index contributed by atoms with van der Waals surface area (Å²) < 4.78 is 22.6. The molecule has 78 valence electrons. The average Bonchev–Trinajstić information content (AvgIpc) is 2.02. The molecular formula is C9H12O4S. The maximum atomic E-state index is 11.3. The number of aliphatic hydroxyl groups is 2. The molecule has 0 aliphatic rings. The lowest BCUT2D eigenvalue weighted by Crippen LogP contribution is -2.21. The molecule has 2 N–H and O–H groups in total. The molecule has 0 amide bonds. The zero-order valence-corrected chi connectivity index (χ0v) is 8.31. The lowest BCUT2D eigenvalue weighted by molar-refractivity contribution is -0.0198. The van der Waals surface area contributed by atoms with E-state index in [2.05, 4.69) is 0 Å². The molecule has 1 aromatic carbocycles. The molecule has 0 aliphatic carbocycles. The fourth-order valence-electron chi connectivity index (χ4n) is 1.11. The first-order chi connectivity index (χ1) is 6.49. The van der Waals surface area contributed by atoms with Crippen LogP contribution in [0.4, 0.5) is 0 Å². The summed E-state index contributed by atoms with van der Waals surface area (Å²) in [5, 5.41) is 17.1. The monoisotopic (exact) mass is 216 g/mol. The highest BCUT2D eigenvalue weighted by atomic mass is 32.2. The van der Waals surface area contributed by atoms with Crippen LogP contribution in [0.5, 0.6) is 0 Å². The van der Waals surface area contributed by atoms with E-state index in [1.165, 1.54) is 0 Å². The van der Waals surface area contributed by atoms with E-state index in [1.807, 2.05) is 0 Å². The topological polar surface area (TPSA) is 74.6 Å². The Kier molecular flexibility index (Phi) is 3.62. The van der Waals surface area contributed by atoms with Crippen molar-refractivity contribution >= 4 is 9.84 Å². The number of sulfone groups is 1. The highest BCUT2D eigenvalue weighted by molar-refractivity contribution is 7.90. The lowest BCUT2D eigenvalue weighted by Gasteiger charge is -2.05. The molecule has 4 nitrogen and oxygen atoms in total. The SMILES string of the molecule is O=S(=O)(Cc1ccccc1)CC(O)O. The molecule has 0 unspecified atom stereocenters. The predicted molar refractivity (Wildman–Crippen MR) is 52.2 cm³/mol. The van der Waals surface area contributed by atoms with Crippen LogP contribution in [-0.2, 0) is 15.6 Å². The Morgan fingerprint density at radius 2 is 1.71 bits per heavy atom. The molecule has 0 fully saturated rings. The molecule has 14 heavy (non-hydrogen) atoms. The van der Waals surface area contributed by atoms with E-state index in [9.17, 15) is 8.42 Å². The van der Waals surface area contributed by atoms with E-state index in [0.29, 0.717) is 5.56 Å². The smallest absolute Gasteiger partial charge is 0.165 e. The van der Waals surface area contributed by atoms with E-state index in [0.717, 1.165) is 0 Å². The standard InChI is InChI=1S/C9H12O4S/c10-9(11)7-14(12,13)6-8-4-2-1-3-5-8/h1-5,9-11H,6-7H2. The number of hydrogen-bond donors (Lipinski definition) is 2. The van der Waals surface area contributed by atoms with Crippen LogP contribution in [0.15, 0.2) is 30.3 Å². The Bertz CT molecular complexity index is 369. The van der Waals surface area contributed by atoms with Crippen LogP contribution in [0.3, 0.4) is 0 Å². The van der Waals surface area contributed by atoms with E-state index >= 15 is 0 Å². The molecule has 0 spiro atoms. The molecule has 1 aromatic rings. The zero-order chi connectivity index (χ0) is 10.6. The number of rotatable bonds is 4. The highest BCUT2D eigenvalue weighted by Gasteiger charge is 2.15. The Labute approximate surface area is 82.7 Å². The van der Waals surface area contributed by atoms with E-state index in [-0.39, 0.29) is 5.75 Å². The third kappa shape index (κ3) is 3.87. The van der Waals surface area contributed by atoms with Crippen molar-refractivity contribution in [1.29, 1.82) is 0 Å². The van der Waals surface area contributed by atoms with Crippen molar-refractivity contribution in [3.05, 3.63) is 35.9 Å². The Hall–Kier alpha value is -0.910. The summed E-state index contributed by atoms with van der Waals surface area (Å²) in [6.07, 6.45) is -1.80. The zero-order valence-electron chi connectivity index (χ0n) is 7.50. The van der Waals surface area contributed by atoms with Crippen molar-refractivity contribution in [2.75, 3.05) is 5.75 Å². The summed E-state index contributed by atoms with van der Waals surface area (Å²) in [6.45, 7) is 0. The minimum atomic E-state index is -3.43. The quantitative estimate of drug-likeness (QED) is 0.690. The maximum absolute atomic E-state index is 11.3. The van der Waals surface area contributed by atoms with E-state index < -0.39 is 21.9 Å². The van der Waals surface area contributed by atoms with Crippen LogP contribution in [-0.4, -0.2) is 30.7 Å². The van der Waals surface area contributed by atoms with Crippen LogP contribution in [0.2, 0.25) is 0 Å². The van der Waals surface area contributed by atoms with Crippen LogP contribution >= 0.6 is 0 Å². The molecule has 0 heterocycles. The fourth-order valence-corrected chi connectivity index (χ4v) is 2.39. The minimum absolute atomic E-state index is 0.161. The minimum Gasteiger partial charge on any atom is -0.367 e. The van der Waals surface area contributed by atoms with Gasteiger partial charge in [-0.1, -0.05) is 30.3 Å². The van der Waals surface area contributed by atoms with Gasteiger partial charge in [-0.3, -0.25) is 0 Å². The van der Waals surface area contributed by atoms with Gasteiger partial charge >= 0.3 is 0 Å². The summed E-state index contributed by atoms with van der Waals surface area (Å²) >= 11 is 0. The van der Waals surface area contributed by atoms with Crippen molar-refractivity contribution < 1.29 is 18.6 Å². The Balaban J connectivity index is 2.70. The van der Waals surface area contributed by atoms with Crippen LogP contribution in [0.25, 0.3) is 0 Å². The summed E-state index contributed by atoms with van der Waals surface area (Å²) in [5.41, 5.74) is 0.646. The van der Waals surface area contributed by atoms with Gasteiger partial charge in [-0.25, -0.2) is 8.42 Å². The first-order valence-electron chi connectivity index (χ1n) is 4.10. The molecule has 0 saturated heterocycles. The van der Waals surface area contributed by atoms with Gasteiger partial charge in [0.1, 0.15) is 5.75 Å². The fraction of sp³-hybridized carbons (Fsp3) is 0.333. The second-order valence-electron chi connectivity index (χ2n) is 3.02. The van der Waals surface area contributed by atoms with E-state index in [4.69, 9.17) is 10.2 Å². The van der Waals surface area contributed by atoms with Crippen molar-refractivity contribution in [2.45, 2.75) is 12.0 Å². The normalized spacial score (nSPS) is 11.9.